The lowest BCUT2D eigenvalue weighted by atomic mass is 9.99. The van der Waals surface area contributed by atoms with Gasteiger partial charge in [-0.05, 0) is 25.5 Å². The number of nitrogens with one attached hydrogen (secondary N) is 1. The SMILES string of the molecule is Cc1ccc(CNCc2nnc3n2CC(C(F)(F)F)CC3)s1. The summed E-state index contributed by atoms with van der Waals surface area (Å²) in [4.78, 5) is 2.44. The number of thiophene rings is 1. The van der Waals surface area contributed by atoms with Gasteiger partial charge in [0.1, 0.15) is 11.6 Å². The Morgan fingerprint density at radius 1 is 1.32 bits per heavy atom. The molecule has 0 fully saturated rings. The van der Waals surface area contributed by atoms with Gasteiger partial charge in [-0.1, -0.05) is 0 Å². The molecule has 1 atom stereocenters. The molecule has 1 N–H and O–H groups in total. The van der Waals surface area contributed by atoms with Gasteiger partial charge in [0.05, 0.1) is 12.5 Å². The third kappa shape index (κ3) is 3.33. The number of halogens is 3. The maximum atomic E-state index is 12.9. The highest BCUT2D eigenvalue weighted by Crippen LogP contribution is 2.34. The molecule has 0 amide bonds. The van der Waals surface area contributed by atoms with E-state index in [1.165, 1.54) is 9.75 Å². The van der Waals surface area contributed by atoms with Crippen LogP contribution in [-0.2, 0) is 26.1 Å². The topological polar surface area (TPSA) is 42.7 Å². The van der Waals surface area contributed by atoms with Gasteiger partial charge in [0.2, 0.25) is 0 Å². The van der Waals surface area contributed by atoms with Gasteiger partial charge in [0, 0.05) is 29.3 Å². The Kier molecular flexibility index (Phi) is 4.22. The van der Waals surface area contributed by atoms with E-state index in [2.05, 4.69) is 21.6 Å². The highest BCUT2D eigenvalue weighted by Gasteiger charge is 2.42. The first-order chi connectivity index (χ1) is 10.4. The van der Waals surface area contributed by atoms with Crippen LogP contribution in [-0.4, -0.2) is 20.9 Å². The van der Waals surface area contributed by atoms with Crippen LogP contribution in [0.25, 0.3) is 0 Å². The van der Waals surface area contributed by atoms with Gasteiger partial charge >= 0.3 is 6.18 Å². The lowest BCUT2D eigenvalue weighted by molar-refractivity contribution is -0.182. The molecular weight excluding hydrogens is 313 g/mol. The van der Waals surface area contributed by atoms with E-state index in [0.717, 1.165) is 0 Å². The van der Waals surface area contributed by atoms with E-state index in [1.807, 2.05) is 13.0 Å². The number of aryl methyl sites for hydroxylation is 2. The molecule has 3 heterocycles. The summed E-state index contributed by atoms with van der Waals surface area (Å²) in [6.07, 6.45) is -3.72. The molecule has 0 aliphatic carbocycles. The molecule has 0 spiro atoms. The van der Waals surface area contributed by atoms with Gasteiger partial charge in [-0.25, -0.2) is 0 Å². The molecule has 2 aromatic rings. The molecular formula is C14H17F3N4S. The highest BCUT2D eigenvalue weighted by atomic mass is 32.1. The summed E-state index contributed by atoms with van der Waals surface area (Å²) < 4.78 is 40.3. The Morgan fingerprint density at radius 2 is 2.14 bits per heavy atom. The number of aromatic nitrogens is 3. The average molecular weight is 330 g/mol. The summed E-state index contributed by atoms with van der Waals surface area (Å²) in [5, 5.41) is 11.3. The van der Waals surface area contributed by atoms with Crippen molar-refractivity contribution in [3.63, 3.8) is 0 Å². The molecule has 0 saturated carbocycles. The molecule has 1 aliphatic heterocycles. The molecule has 2 aromatic heterocycles. The first-order valence-electron chi connectivity index (χ1n) is 7.17. The number of nitrogens with zero attached hydrogens (tertiary/aromatic N) is 3. The summed E-state index contributed by atoms with van der Waals surface area (Å²) in [5.74, 6) is -0.0591. The molecule has 3 rings (SSSR count). The molecule has 4 nitrogen and oxygen atoms in total. The van der Waals surface area contributed by atoms with Crippen molar-refractivity contribution in [3.8, 4) is 0 Å². The van der Waals surface area contributed by atoms with E-state index in [-0.39, 0.29) is 13.0 Å². The zero-order valence-corrected chi connectivity index (χ0v) is 13.0. The van der Waals surface area contributed by atoms with Crippen LogP contribution >= 0.6 is 11.3 Å². The zero-order valence-electron chi connectivity index (χ0n) is 12.2. The Morgan fingerprint density at radius 3 is 2.82 bits per heavy atom. The summed E-state index contributed by atoms with van der Waals surface area (Å²) in [6.45, 7) is 3.08. The van der Waals surface area contributed by atoms with Gasteiger partial charge in [-0.15, -0.1) is 21.5 Å². The third-order valence-corrected chi connectivity index (χ3v) is 4.87. The van der Waals surface area contributed by atoms with Gasteiger partial charge < -0.3 is 9.88 Å². The lowest BCUT2D eigenvalue weighted by Crippen LogP contribution is -2.33. The number of hydrogen-bond donors (Lipinski definition) is 1. The fraction of sp³-hybridized carbons (Fsp3) is 0.571. The standard InChI is InChI=1S/C14H17F3N4S/c1-9-2-4-11(22-9)6-18-7-13-20-19-12-5-3-10(8-21(12)13)14(15,16)17/h2,4,10,18H,3,5-8H2,1H3. The third-order valence-electron chi connectivity index (χ3n) is 3.86. The molecule has 1 aliphatic rings. The maximum Gasteiger partial charge on any atom is 0.393 e. The van der Waals surface area contributed by atoms with Crippen LogP contribution in [0, 0.1) is 12.8 Å². The summed E-state index contributed by atoms with van der Waals surface area (Å²) in [6, 6.07) is 4.10. The molecule has 0 bridgehead atoms. The first kappa shape index (κ1) is 15.5. The molecule has 120 valence electrons. The first-order valence-corrected chi connectivity index (χ1v) is 7.99. The van der Waals surface area contributed by atoms with Crippen molar-refractivity contribution in [2.75, 3.05) is 0 Å². The monoisotopic (exact) mass is 330 g/mol. The van der Waals surface area contributed by atoms with Crippen LogP contribution in [0.2, 0.25) is 0 Å². The van der Waals surface area contributed by atoms with E-state index < -0.39 is 12.1 Å². The van der Waals surface area contributed by atoms with Gasteiger partial charge in [0.15, 0.2) is 0 Å². The van der Waals surface area contributed by atoms with Crippen molar-refractivity contribution in [3.05, 3.63) is 33.5 Å². The lowest BCUT2D eigenvalue weighted by Gasteiger charge is -2.26. The van der Waals surface area contributed by atoms with Crippen LogP contribution in [0.15, 0.2) is 12.1 Å². The van der Waals surface area contributed by atoms with Crippen molar-refractivity contribution in [1.82, 2.24) is 20.1 Å². The fourth-order valence-electron chi connectivity index (χ4n) is 2.66. The van der Waals surface area contributed by atoms with Crippen molar-refractivity contribution in [2.24, 2.45) is 5.92 Å². The molecule has 0 radical (unpaired) electrons. The minimum atomic E-state index is -4.15. The van der Waals surface area contributed by atoms with E-state index in [1.54, 1.807) is 15.9 Å². The number of hydrogen-bond acceptors (Lipinski definition) is 4. The quantitative estimate of drug-likeness (QED) is 0.937. The minimum absolute atomic E-state index is 0.0685. The fourth-order valence-corrected chi connectivity index (χ4v) is 3.52. The van der Waals surface area contributed by atoms with Crippen LogP contribution in [0.3, 0.4) is 0 Å². The van der Waals surface area contributed by atoms with Gasteiger partial charge in [-0.3, -0.25) is 0 Å². The normalized spacial score (nSPS) is 18.5. The number of fused-ring (bicyclic) bond motifs is 1. The Balaban J connectivity index is 1.63. The molecule has 8 heteroatoms. The highest BCUT2D eigenvalue weighted by molar-refractivity contribution is 7.11. The number of alkyl halides is 3. The van der Waals surface area contributed by atoms with Crippen LogP contribution in [0.4, 0.5) is 13.2 Å². The molecule has 0 aromatic carbocycles. The largest absolute Gasteiger partial charge is 0.393 e. The maximum absolute atomic E-state index is 12.9. The predicted molar refractivity (Wildman–Crippen MR) is 77.5 cm³/mol. The summed E-state index contributed by atoms with van der Waals surface area (Å²) in [5.41, 5.74) is 0. The van der Waals surface area contributed by atoms with Crippen molar-refractivity contribution in [2.45, 2.75) is 45.6 Å². The van der Waals surface area contributed by atoms with E-state index in [9.17, 15) is 13.2 Å². The molecule has 0 saturated heterocycles. The summed E-state index contributed by atoms with van der Waals surface area (Å²) >= 11 is 1.70. The van der Waals surface area contributed by atoms with E-state index in [4.69, 9.17) is 0 Å². The second kappa shape index (κ2) is 6.00. The van der Waals surface area contributed by atoms with Crippen molar-refractivity contribution < 1.29 is 13.2 Å². The second-order valence-electron chi connectivity index (χ2n) is 5.54. The van der Waals surface area contributed by atoms with E-state index in [0.29, 0.717) is 31.2 Å². The van der Waals surface area contributed by atoms with Crippen molar-refractivity contribution in [1.29, 1.82) is 0 Å². The van der Waals surface area contributed by atoms with Crippen LogP contribution in [0.1, 0.15) is 27.8 Å². The Labute approximate surface area is 130 Å². The van der Waals surface area contributed by atoms with Crippen molar-refractivity contribution >= 4 is 11.3 Å². The number of rotatable bonds is 4. The summed E-state index contributed by atoms with van der Waals surface area (Å²) in [7, 11) is 0. The Hall–Kier alpha value is -1.41. The minimum Gasteiger partial charge on any atom is -0.313 e. The second-order valence-corrected chi connectivity index (χ2v) is 6.91. The van der Waals surface area contributed by atoms with E-state index >= 15 is 0 Å². The van der Waals surface area contributed by atoms with Crippen LogP contribution in [0.5, 0.6) is 0 Å². The smallest absolute Gasteiger partial charge is 0.313 e. The molecule has 22 heavy (non-hydrogen) atoms. The average Bonchev–Trinajstić information content (AvgIpc) is 3.04. The van der Waals surface area contributed by atoms with Gasteiger partial charge in [0.25, 0.3) is 0 Å². The van der Waals surface area contributed by atoms with Gasteiger partial charge in [-0.2, -0.15) is 13.2 Å². The predicted octanol–water partition coefficient (Wildman–Crippen LogP) is 3.06. The van der Waals surface area contributed by atoms with Crippen LogP contribution < -0.4 is 5.32 Å². The molecule has 1 unspecified atom stereocenters. The Bertz CT molecular complexity index is 647. The zero-order chi connectivity index (χ0) is 15.7.